The Morgan fingerprint density at radius 3 is 2.60 bits per heavy atom. The average Bonchev–Trinajstić information content (AvgIpc) is 2.47. The molecule has 0 spiro atoms. The maximum Gasteiger partial charge on any atom is 0.0351 e. The number of hydrogen-bond acceptors (Lipinski definition) is 1. The second-order valence-electron chi connectivity index (χ2n) is 3.42. The van der Waals surface area contributed by atoms with Crippen molar-refractivity contribution in [1.29, 1.82) is 0 Å². The number of halogens is 1. The molecule has 2 heteroatoms. The van der Waals surface area contributed by atoms with Crippen LogP contribution in [0.2, 0.25) is 0 Å². The van der Waals surface area contributed by atoms with Crippen LogP contribution in [0, 0.1) is 11.8 Å². The van der Waals surface area contributed by atoms with E-state index in [1.807, 2.05) is 0 Å². The minimum absolute atomic E-state index is 0.762. The summed E-state index contributed by atoms with van der Waals surface area (Å²) in [5.74, 6) is 2.70. The van der Waals surface area contributed by atoms with Crippen LogP contribution < -0.4 is 0 Å². The lowest BCUT2D eigenvalue weighted by molar-refractivity contribution is 0.333. The van der Waals surface area contributed by atoms with E-state index in [1.54, 1.807) is 0 Å². The summed E-state index contributed by atoms with van der Waals surface area (Å²) in [4.78, 5) is 2.32. The molecule has 1 fully saturated rings. The molecule has 0 aromatic rings. The fraction of sp³-hybridized carbons (Fsp3) is 1.00. The van der Waals surface area contributed by atoms with Gasteiger partial charge < -0.3 is 4.90 Å². The zero-order valence-electron chi connectivity index (χ0n) is 6.81. The van der Waals surface area contributed by atoms with E-state index in [1.165, 1.54) is 13.0 Å². The molecule has 1 nitrogen and oxygen atoms in total. The van der Waals surface area contributed by atoms with Crippen LogP contribution in [0.4, 0.5) is 0 Å². The number of hydrogen-bond donors (Lipinski definition) is 0. The Morgan fingerprint density at radius 2 is 2.20 bits per heavy atom. The molecular weight excluding hydrogens is 146 g/mol. The van der Waals surface area contributed by atoms with Crippen molar-refractivity contribution in [2.45, 2.75) is 13.3 Å². The van der Waals surface area contributed by atoms with Crippen molar-refractivity contribution in [3.63, 3.8) is 0 Å². The molecule has 0 amide bonds. The van der Waals surface area contributed by atoms with Crippen molar-refractivity contribution in [3.05, 3.63) is 0 Å². The van der Waals surface area contributed by atoms with E-state index in [2.05, 4.69) is 18.9 Å². The summed E-state index contributed by atoms with van der Waals surface area (Å²) in [6.45, 7) is 4.60. The molecule has 0 saturated heterocycles. The van der Waals surface area contributed by atoms with Gasteiger partial charge >= 0.3 is 0 Å². The van der Waals surface area contributed by atoms with Crippen LogP contribution in [-0.4, -0.2) is 30.9 Å². The van der Waals surface area contributed by atoms with Crippen molar-refractivity contribution >= 4 is 11.6 Å². The van der Waals surface area contributed by atoms with Gasteiger partial charge in [0, 0.05) is 19.0 Å². The van der Waals surface area contributed by atoms with Crippen LogP contribution in [0.25, 0.3) is 0 Å². The molecule has 10 heavy (non-hydrogen) atoms. The Morgan fingerprint density at radius 1 is 1.60 bits per heavy atom. The highest BCUT2D eigenvalue weighted by molar-refractivity contribution is 6.18. The van der Waals surface area contributed by atoms with Crippen LogP contribution in [0.3, 0.4) is 0 Å². The molecule has 2 atom stereocenters. The zero-order valence-corrected chi connectivity index (χ0v) is 7.56. The molecule has 0 bridgehead atoms. The second-order valence-corrected chi connectivity index (χ2v) is 3.80. The summed E-state index contributed by atoms with van der Waals surface area (Å²) in [7, 11) is 2.15. The van der Waals surface area contributed by atoms with Gasteiger partial charge in [-0.2, -0.15) is 0 Å². The zero-order chi connectivity index (χ0) is 7.56. The first-order valence-corrected chi connectivity index (χ1v) is 4.52. The topological polar surface area (TPSA) is 3.24 Å². The quantitative estimate of drug-likeness (QED) is 0.569. The summed E-state index contributed by atoms with van der Waals surface area (Å²) in [5.41, 5.74) is 0. The third-order valence-electron chi connectivity index (χ3n) is 2.29. The summed E-state index contributed by atoms with van der Waals surface area (Å²) in [5, 5.41) is 0. The lowest BCUT2D eigenvalue weighted by Gasteiger charge is -2.13. The standard InChI is InChI=1S/C8H16ClN/c1-7-5-8(7)6-10(2)4-3-9/h7-8H,3-6H2,1-2H3. The van der Waals surface area contributed by atoms with E-state index < -0.39 is 0 Å². The maximum atomic E-state index is 5.59. The highest BCUT2D eigenvalue weighted by atomic mass is 35.5. The van der Waals surface area contributed by atoms with E-state index in [-0.39, 0.29) is 0 Å². The molecule has 1 saturated carbocycles. The highest BCUT2D eigenvalue weighted by Gasteiger charge is 2.32. The molecule has 0 heterocycles. The summed E-state index contributed by atoms with van der Waals surface area (Å²) in [6.07, 6.45) is 1.42. The maximum absolute atomic E-state index is 5.59. The van der Waals surface area contributed by atoms with Crippen molar-refractivity contribution in [2.24, 2.45) is 11.8 Å². The van der Waals surface area contributed by atoms with Gasteiger partial charge in [-0.3, -0.25) is 0 Å². The molecule has 0 N–H and O–H groups in total. The van der Waals surface area contributed by atoms with Gasteiger partial charge in [0.2, 0.25) is 0 Å². The average molecular weight is 162 g/mol. The summed E-state index contributed by atoms with van der Waals surface area (Å²) in [6, 6.07) is 0. The number of nitrogens with zero attached hydrogens (tertiary/aromatic N) is 1. The largest absolute Gasteiger partial charge is 0.305 e. The third-order valence-corrected chi connectivity index (χ3v) is 2.46. The number of rotatable bonds is 4. The molecule has 0 aliphatic heterocycles. The minimum Gasteiger partial charge on any atom is -0.305 e. The van der Waals surface area contributed by atoms with Crippen LogP contribution >= 0.6 is 11.6 Å². The molecule has 2 unspecified atom stereocenters. The van der Waals surface area contributed by atoms with Crippen molar-refractivity contribution in [1.82, 2.24) is 4.90 Å². The van der Waals surface area contributed by atoms with Gasteiger partial charge in [0.1, 0.15) is 0 Å². The van der Waals surface area contributed by atoms with Crippen molar-refractivity contribution in [3.8, 4) is 0 Å². The SMILES string of the molecule is CC1CC1CN(C)CCCl. The Kier molecular flexibility index (Phi) is 2.99. The van der Waals surface area contributed by atoms with E-state index in [0.29, 0.717) is 0 Å². The summed E-state index contributed by atoms with van der Waals surface area (Å²) < 4.78 is 0. The molecule has 1 aliphatic rings. The van der Waals surface area contributed by atoms with Crippen molar-refractivity contribution in [2.75, 3.05) is 26.0 Å². The third kappa shape index (κ3) is 2.47. The number of alkyl halides is 1. The van der Waals surface area contributed by atoms with Gasteiger partial charge in [0.25, 0.3) is 0 Å². The molecular formula is C8H16ClN. The van der Waals surface area contributed by atoms with Gasteiger partial charge in [-0.25, -0.2) is 0 Å². The minimum atomic E-state index is 0.762. The van der Waals surface area contributed by atoms with E-state index in [0.717, 1.165) is 24.3 Å². The Balaban J connectivity index is 2.01. The lowest BCUT2D eigenvalue weighted by atomic mass is 10.3. The highest BCUT2D eigenvalue weighted by Crippen LogP contribution is 2.37. The van der Waals surface area contributed by atoms with Gasteiger partial charge in [-0.05, 0) is 25.3 Å². The fourth-order valence-electron chi connectivity index (χ4n) is 1.29. The van der Waals surface area contributed by atoms with E-state index in [4.69, 9.17) is 11.6 Å². The molecule has 1 aliphatic carbocycles. The van der Waals surface area contributed by atoms with Gasteiger partial charge in [-0.15, -0.1) is 11.6 Å². The first kappa shape index (κ1) is 8.35. The first-order chi connectivity index (χ1) is 4.74. The summed E-state index contributed by atoms with van der Waals surface area (Å²) >= 11 is 5.59. The first-order valence-electron chi connectivity index (χ1n) is 3.98. The monoisotopic (exact) mass is 161 g/mol. The Hall–Kier alpha value is 0.250. The van der Waals surface area contributed by atoms with Gasteiger partial charge in [0.15, 0.2) is 0 Å². The molecule has 0 aromatic heterocycles. The van der Waals surface area contributed by atoms with Crippen LogP contribution in [-0.2, 0) is 0 Å². The van der Waals surface area contributed by atoms with Crippen molar-refractivity contribution < 1.29 is 0 Å². The van der Waals surface area contributed by atoms with Gasteiger partial charge in [0.05, 0.1) is 0 Å². The predicted octanol–water partition coefficient (Wildman–Crippen LogP) is 1.81. The predicted molar refractivity (Wildman–Crippen MR) is 45.5 cm³/mol. The van der Waals surface area contributed by atoms with Gasteiger partial charge in [-0.1, -0.05) is 6.92 Å². The smallest absolute Gasteiger partial charge is 0.0351 e. The molecule has 0 aromatic carbocycles. The fourth-order valence-corrected chi connectivity index (χ4v) is 1.58. The normalized spacial score (nSPS) is 31.2. The molecule has 60 valence electrons. The van der Waals surface area contributed by atoms with Crippen LogP contribution in [0.5, 0.6) is 0 Å². The van der Waals surface area contributed by atoms with E-state index >= 15 is 0 Å². The van der Waals surface area contributed by atoms with Crippen LogP contribution in [0.1, 0.15) is 13.3 Å². The Bertz CT molecular complexity index is 105. The molecule has 1 rings (SSSR count). The lowest BCUT2D eigenvalue weighted by Crippen LogP contribution is -2.23. The van der Waals surface area contributed by atoms with Crippen LogP contribution in [0.15, 0.2) is 0 Å². The second kappa shape index (κ2) is 3.59. The molecule has 0 radical (unpaired) electrons. The Labute approximate surface area is 68.4 Å². The van der Waals surface area contributed by atoms with E-state index in [9.17, 15) is 0 Å².